The van der Waals surface area contributed by atoms with Crippen molar-refractivity contribution in [1.82, 2.24) is 4.90 Å². The summed E-state index contributed by atoms with van der Waals surface area (Å²) in [5.41, 5.74) is 0.129. The molecule has 2 aromatic carbocycles. The second-order valence-corrected chi connectivity index (χ2v) is 6.54. The van der Waals surface area contributed by atoms with Crippen molar-refractivity contribution in [3.8, 4) is 0 Å². The van der Waals surface area contributed by atoms with Crippen LogP contribution in [0, 0.1) is 17.6 Å². The molecule has 2 aromatic rings. The topological polar surface area (TPSA) is 52.6 Å². The Hall–Kier alpha value is -2.45. The van der Waals surface area contributed by atoms with Crippen molar-refractivity contribution < 1.29 is 27.5 Å². The number of nitrogens with one attached hydrogen (secondary N) is 1. The molecule has 144 valence electrons. The fourth-order valence-corrected chi connectivity index (χ4v) is 3.35. The van der Waals surface area contributed by atoms with E-state index in [0.717, 1.165) is 6.07 Å². The van der Waals surface area contributed by atoms with Gasteiger partial charge in [-0.1, -0.05) is 30.3 Å². The number of halogens is 4. The van der Waals surface area contributed by atoms with Crippen LogP contribution in [0.15, 0.2) is 42.5 Å². The predicted molar refractivity (Wildman–Crippen MR) is 91.3 cm³/mol. The lowest BCUT2D eigenvalue weighted by molar-refractivity contribution is -0.124. The lowest BCUT2D eigenvalue weighted by atomic mass is 9.87. The molecule has 0 bridgehead atoms. The highest BCUT2D eigenvalue weighted by molar-refractivity contribution is 5.94. The molecule has 3 atom stereocenters. The standard InChI is InChI=1S/C19H18F4N2O2/c1-25-9-12(10-5-7-11(8-6-10)17(22)23)15(19(25)27)18(26)24-14-4-2-3-13(20)16(14)21/h2-8,12,15,17,19,27H,9H2,1H3,(H,24,26)/t12-,15+,19?/m1/s1. The minimum atomic E-state index is -2.61. The predicted octanol–water partition coefficient (Wildman–Crippen LogP) is 3.50. The molecule has 0 radical (unpaired) electrons. The quantitative estimate of drug-likeness (QED) is 0.796. The summed E-state index contributed by atoms with van der Waals surface area (Å²) in [6.07, 6.45) is -3.76. The molecule has 2 N–H and O–H groups in total. The summed E-state index contributed by atoms with van der Waals surface area (Å²) in [5.74, 6) is -4.44. The molecule has 1 amide bonds. The van der Waals surface area contributed by atoms with Crippen molar-refractivity contribution in [2.24, 2.45) is 5.92 Å². The first-order valence-electron chi connectivity index (χ1n) is 8.30. The molecule has 0 aliphatic carbocycles. The van der Waals surface area contributed by atoms with E-state index in [4.69, 9.17) is 0 Å². The number of alkyl halides is 2. The molecule has 27 heavy (non-hydrogen) atoms. The summed E-state index contributed by atoms with van der Waals surface area (Å²) in [7, 11) is 1.61. The van der Waals surface area contributed by atoms with Crippen LogP contribution in [0.1, 0.15) is 23.5 Å². The maximum Gasteiger partial charge on any atom is 0.263 e. The lowest BCUT2D eigenvalue weighted by Gasteiger charge is -2.22. The van der Waals surface area contributed by atoms with Gasteiger partial charge in [0.15, 0.2) is 11.6 Å². The zero-order valence-corrected chi connectivity index (χ0v) is 14.4. The van der Waals surface area contributed by atoms with Crippen molar-refractivity contribution in [2.45, 2.75) is 18.6 Å². The number of nitrogens with zero attached hydrogens (tertiary/aromatic N) is 1. The summed E-state index contributed by atoms with van der Waals surface area (Å²) in [4.78, 5) is 14.2. The smallest absolute Gasteiger partial charge is 0.263 e. The van der Waals surface area contributed by atoms with Crippen molar-refractivity contribution in [2.75, 3.05) is 18.9 Å². The highest BCUT2D eigenvalue weighted by Gasteiger charge is 2.44. The molecule has 1 saturated heterocycles. The number of rotatable bonds is 4. The second-order valence-electron chi connectivity index (χ2n) is 6.54. The Morgan fingerprint density at radius 3 is 2.48 bits per heavy atom. The maximum absolute atomic E-state index is 13.8. The molecule has 1 fully saturated rings. The minimum absolute atomic E-state index is 0.145. The van der Waals surface area contributed by atoms with Gasteiger partial charge in [-0.2, -0.15) is 0 Å². The Morgan fingerprint density at radius 2 is 1.85 bits per heavy atom. The maximum atomic E-state index is 13.8. The van der Waals surface area contributed by atoms with Gasteiger partial charge in [-0.3, -0.25) is 9.69 Å². The monoisotopic (exact) mass is 382 g/mol. The molecule has 1 unspecified atom stereocenters. The van der Waals surface area contributed by atoms with Crippen LogP contribution in [0.3, 0.4) is 0 Å². The third kappa shape index (κ3) is 3.81. The van der Waals surface area contributed by atoms with Crippen molar-refractivity contribution >= 4 is 11.6 Å². The molecule has 1 heterocycles. The van der Waals surface area contributed by atoms with Crippen LogP contribution in [0.5, 0.6) is 0 Å². The largest absolute Gasteiger partial charge is 0.378 e. The van der Waals surface area contributed by atoms with Crippen LogP contribution in [0.2, 0.25) is 0 Å². The Balaban J connectivity index is 1.86. The summed E-state index contributed by atoms with van der Waals surface area (Å²) < 4.78 is 52.7. The van der Waals surface area contributed by atoms with E-state index in [9.17, 15) is 27.5 Å². The molecular weight excluding hydrogens is 364 g/mol. The zero-order chi connectivity index (χ0) is 19.7. The van der Waals surface area contributed by atoms with E-state index in [2.05, 4.69) is 5.32 Å². The zero-order valence-electron chi connectivity index (χ0n) is 14.4. The van der Waals surface area contributed by atoms with Crippen molar-refractivity contribution in [1.29, 1.82) is 0 Å². The normalized spacial score (nSPS) is 23.0. The van der Waals surface area contributed by atoms with Gasteiger partial charge in [0.1, 0.15) is 6.23 Å². The van der Waals surface area contributed by atoms with E-state index in [1.807, 2.05) is 0 Å². The number of aliphatic hydroxyl groups excluding tert-OH is 1. The number of hydrogen-bond donors (Lipinski definition) is 2. The molecule has 1 aliphatic heterocycles. The third-order valence-corrected chi connectivity index (χ3v) is 4.82. The van der Waals surface area contributed by atoms with Crippen LogP contribution in [-0.4, -0.2) is 35.7 Å². The average Bonchev–Trinajstić information content (AvgIpc) is 2.94. The molecule has 1 aliphatic rings. The van der Waals surface area contributed by atoms with Crippen LogP contribution in [0.25, 0.3) is 0 Å². The summed E-state index contributed by atoms with van der Waals surface area (Å²) in [5, 5.41) is 12.7. The molecule has 0 aromatic heterocycles. The van der Waals surface area contributed by atoms with E-state index in [1.54, 1.807) is 7.05 Å². The number of carbonyl (C=O) groups is 1. The number of likely N-dealkylation sites (tertiary alicyclic amines) is 1. The Bertz CT molecular complexity index is 829. The Morgan fingerprint density at radius 1 is 1.19 bits per heavy atom. The number of aliphatic hydroxyl groups is 1. The van der Waals surface area contributed by atoms with Crippen LogP contribution in [-0.2, 0) is 4.79 Å². The van der Waals surface area contributed by atoms with Gasteiger partial charge in [-0.15, -0.1) is 0 Å². The average molecular weight is 382 g/mol. The summed E-state index contributed by atoms with van der Waals surface area (Å²) >= 11 is 0. The van der Waals surface area contributed by atoms with Gasteiger partial charge in [-0.05, 0) is 24.7 Å². The van der Waals surface area contributed by atoms with Crippen molar-refractivity contribution in [3.63, 3.8) is 0 Å². The van der Waals surface area contributed by atoms with Gasteiger partial charge in [0.2, 0.25) is 5.91 Å². The van der Waals surface area contributed by atoms with Crippen molar-refractivity contribution in [3.05, 3.63) is 65.2 Å². The van der Waals surface area contributed by atoms with Gasteiger partial charge < -0.3 is 10.4 Å². The van der Waals surface area contributed by atoms with Gasteiger partial charge in [-0.25, -0.2) is 17.6 Å². The molecule has 4 nitrogen and oxygen atoms in total. The molecule has 0 saturated carbocycles. The number of benzene rings is 2. The van der Waals surface area contributed by atoms with E-state index < -0.39 is 42.0 Å². The van der Waals surface area contributed by atoms with Gasteiger partial charge in [0, 0.05) is 18.0 Å². The number of hydrogen-bond acceptors (Lipinski definition) is 3. The van der Waals surface area contributed by atoms with Crippen LogP contribution < -0.4 is 5.32 Å². The SMILES string of the molecule is CN1C[C@H](c2ccc(C(F)F)cc2)[C@@H](C(=O)Nc2cccc(F)c2F)C1O. The number of likely N-dealkylation sites (N-methyl/N-ethyl adjacent to an activating group) is 1. The first kappa shape index (κ1) is 19.3. The van der Waals surface area contributed by atoms with Gasteiger partial charge in [0.05, 0.1) is 11.6 Å². The second kappa shape index (κ2) is 7.66. The Kier molecular flexibility index (Phi) is 5.48. The first-order chi connectivity index (χ1) is 12.8. The van der Waals surface area contributed by atoms with E-state index >= 15 is 0 Å². The number of anilines is 1. The summed E-state index contributed by atoms with van der Waals surface area (Å²) in [6, 6.07) is 8.91. The van der Waals surface area contributed by atoms with E-state index in [-0.39, 0.29) is 11.3 Å². The Labute approximate surface area is 153 Å². The fraction of sp³-hybridized carbons (Fsp3) is 0.316. The molecule has 8 heteroatoms. The van der Waals surface area contributed by atoms with Gasteiger partial charge >= 0.3 is 0 Å². The summed E-state index contributed by atoms with van der Waals surface area (Å²) in [6.45, 7) is 0.304. The minimum Gasteiger partial charge on any atom is -0.378 e. The van der Waals surface area contributed by atoms with E-state index in [0.29, 0.717) is 12.1 Å². The highest BCUT2D eigenvalue weighted by Crippen LogP contribution is 2.37. The lowest BCUT2D eigenvalue weighted by Crippen LogP contribution is -2.36. The fourth-order valence-electron chi connectivity index (χ4n) is 3.35. The first-order valence-corrected chi connectivity index (χ1v) is 8.30. The highest BCUT2D eigenvalue weighted by atomic mass is 19.3. The molecular formula is C19H18F4N2O2. The number of amides is 1. The van der Waals surface area contributed by atoms with E-state index in [1.165, 1.54) is 41.3 Å². The molecule has 0 spiro atoms. The number of carbonyl (C=O) groups excluding carboxylic acids is 1. The van der Waals surface area contributed by atoms with Crippen LogP contribution >= 0.6 is 0 Å². The van der Waals surface area contributed by atoms with Gasteiger partial charge in [0.25, 0.3) is 6.43 Å². The third-order valence-electron chi connectivity index (χ3n) is 4.82. The van der Waals surface area contributed by atoms with Crippen LogP contribution in [0.4, 0.5) is 23.2 Å². The molecule has 3 rings (SSSR count).